The van der Waals surface area contributed by atoms with Gasteiger partial charge in [-0.3, -0.25) is 9.36 Å². The highest BCUT2D eigenvalue weighted by Gasteiger charge is 2.10. The minimum absolute atomic E-state index is 0.144. The zero-order valence-corrected chi connectivity index (χ0v) is 12.0. The lowest BCUT2D eigenvalue weighted by atomic mass is 10.2. The third-order valence-electron chi connectivity index (χ3n) is 2.65. The lowest BCUT2D eigenvalue weighted by molar-refractivity contribution is -0.113. The van der Waals surface area contributed by atoms with E-state index in [2.05, 4.69) is 15.5 Å². The van der Waals surface area contributed by atoms with Gasteiger partial charge in [0.25, 0.3) is 0 Å². The maximum atomic E-state index is 11.8. The summed E-state index contributed by atoms with van der Waals surface area (Å²) in [6.45, 7) is 1.93. The average Bonchev–Trinajstić information content (AvgIpc) is 2.71. The number of nitrogen functional groups attached to an aromatic ring is 1. The van der Waals surface area contributed by atoms with Crippen LogP contribution in [0.2, 0.25) is 0 Å². The van der Waals surface area contributed by atoms with Crippen molar-refractivity contribution in [3.05, 3.63) is 34.2 Å². The Kier molecular flexibility index (Phi) is 4.14. The summed E-state index contributed by atoms with van der Waals surface area (Å²) >= 11 is 1.17. The van der Waals surface area contributed by atoms with E-state index in [0.29, 0.717) is 16.5 Å². The molecule has 2 aromatic rings. The van der Waals surface area contributed by atoms with Crippen molar-refractivity contribution in [3.8, 4) is 0 Å². The van der Waals surface area contributed by atoms with Gasteiger partial charge in [0, 0.05) is 7.05 Å². The summed E-state index contributed by atoms with van der Waals surface area (Å²) < 4.78 is 1.35. The van der Waals surface area contributed by atoms with Gasteiger partial charge in [0.1, 0.15) is 0 Å². The summed E-state index contributed by atoms with van der Waals surface area (Å²) in [6, 6.07) is 5.42. The van der Waals surface area contributed by atoms with Crippen LogP contribution in [0.1, 0.15) is 5.56 Å². The third kappa shape index (κ3) is 3.21. The van der Waals surface area contributed by atoms with Gasteiger partial charge in [-0.25, -0.2) is 9.89 Å². The molecule has 1 aromatic heterocycles. The molecule has 0 saturated heterocycles. The lowest BCUT2D eigenvalue weighted by Crippen LogP contribution is -2.16. The van der Waals surface area contributed by atoms with Crippen LogP contribution in [0, 0.1) is 6.92 Å². The fraction of sp³-hybridized carbons (Fsp3) is 0.250. The zero-order valence-electron chi connectivity index (χ0n) is 11.1. The van der Waals surface area contributed by atoms with Gasteiger partial charge in [-0.15, -0.1) is 5.10 Å². The second-order valence-electron chi connectivity index (χ2n) is 4.30. The molecule has 106 valence electrons. The number of amides is 1. The Bertz CT molecular complexity index is 691. The molecule has 1 heterocycles. The van der Waals surface area contributed by atoms with Crippen molar-refractivity contribution in [3.63, 3.8) is 0 Å². The number of nitrogens with two attached hydrogens (primary N) is 1. The maximum Gasteiger partial charge on any atom is 0.343 e. The molecule has 0 aliphatic carbocycles. The number of benzene rings is 1. The number of rotatable bonds is 4. The highest BCUT2D eigenvalue weighted by molar-refractivity contribution is 7.99. The van der Waals surface area contributed by atoms with Crippen molar-refractivity contribution in [2.45, 2.75) is 12.1 Å². The molecule has 7 nitrogen and oxygen atoms in total. The number of thioether (sulfide) groups is 1. The van der Waals surface area contributed by atoms with Crippen molar-refractivity contribution in [2.75, 3.05) is 16.8 Å². The molecule has 0 spiro atoms. The monoisotopic (exact) mass is 293 g/mol. The minimum Gasteiger partial charge on any atom is -0.397 e. The molecule has 20 heavy (non-hydrogen) atoms. The molecular formula is C12H15N5O2S. The van der Waals surface area contributed by atoms with Gasteiger partial charge in [0.15, 0.2) is 5.16 Å². The quantitative estimate of drug-likeness (QED) is 0.569. The van der Waals surface area contributed by atoms with Crippen molar-refractivity contribution in [2.24, 2.45) is 7.05 Å². The van der Waals surface area contributed by atoms with Crippen LogP contribution < -0.4 is 16.7 Å². The van der Waals surface area contributed by atoms with Gasteiger partial charge in [0.2, 0.25) is 5.91 Å². The Hall–Kier alpha value is -2.22. The predicted molar refractivity (Wildman–Crippen MR) is 78.8 cm³/mol. The minimum atomic E-state index is -0.310. The molecule has 1 amide bonds. The van der Waals surface area contributed by atoms with Crippen LogP contribution >= 0.6 is 11.8 Å². The van der Waals surface area contributed by atoms with Gasteiger partial charge in [-0.05, 0) is 24.6 Å². The molecule has 0 atom stereocenters. The number of H-pyrrole nitrogens is 1. The second-order valence-corrected chi connectivity index (χ2v) is 5.24. The second kappa shape index (κ2) is 5.83. The van der Waals surface area contributed by atoms with Crippen LogP contribution in [-0.2, 0) is 11.8 Å². The van der Waals surface area contributed by atoms with Crippen LogP contribution in [0.4, 0.5) is 11.4 Å². The smallest absolute Gasteiger partial charge is 0.343 e. The molecule has 0 saturated carbocycles. The molecular weight excluding hydrogens is 278 g/mol. The van der Waals surface area contributed by atoms with Gasteiger partial charge in [-0.2, -0.15) is 0 Å². The molecule has 0 radical (unpaired) electrons. The number of carbonyl (C=O) groups excluding carboxylic acids is 1. The van der Waals surface area contributed by atoms with Gasteiger partial charge in [0.05, 0.1) is 17.1 Å². The summed E-state index contributed by atoms with van der Waals surface area (Å²) in [5, 5.41) is 9.30. The van der Waals surface area contributed by atoms with E-state index >= 15 is 0 Å². The van der Waals surface area contributed by atoms with Crippen molar-refractivity contribution in [1.82, 2.24) is 14.8 Å². The Morgan fingerprint density at radius 3 is 2.90 bits per heavy atom. The number of aromatic amines is 1. The number of nitrogens with zero attached hydrogens (tertiary/aromatic N) is 2. The zero-order chi connectivity index (χ0) is 14.7. The summed E-state index contributed by atoms with van der Waals surface area (Å²) in [5.74, 6) is -0.0631. The Balaban J connectivity index is 1.96. The molecule has 0 aliphatic heterocycles. The highest BCUT2D eigenvalue weighted by Crippen LogP contribution is 2.20. The molecule has 8 heteroatoms. The number of hydrogen-bond donors (Lipinski definition) is 3. The Morgan fingerprint density at radius 2 is 2.30 bits per heavy atom. The maximum absolute atomic E-state index is 11.8. The van der Waals surface area contributed by atoms with Crippen molar-refractivity contribution in [1.29, 1.82) is 0 Å². The van der Waals surface area contributed by atoms with Gasteiger partial charge in [-0.1, -0.05) is 17.8 Å². The summed E-state index contributed by atoms with van der Waals surface area (Å²) in [7, 11) is 1.59. The number of aromatic nitrogens is 3. The molecule has 1 aromatic carbocycles. The van der Waals surface area contributed by atoms with Crippen LogP contribution in [0.25, 0.3) is 0 Å². The number of anilines is 2. The predicted octanol–water partition coefficient (Wildman–Crippen LogP) is 0.730. The first-order chi connectivity index (χ1) is 9.47. The van der Waals surface area contributed by atoms with Crippen LogP contribution in [0.5, 0.6) is 0 Å². The lowest BCUT2D eigenvalue weighted by Gasteiger charge is -2.08. The topological polar surface area (TPSA) is 106 Å². The largest absolute Gasteiger partial charge is 0.397 e. The number of nitrogens with one attached hydrogen (secondary N) is 2. The standard InChI is InChI=1S/C12H15N5O2S/c1-7-3-4-9(8(13)5-7)14-10(18)6-20-12-16-15-11(19)17(12)2/h3-5H,6,13H2,1-2H3,(H,14,18)(H,15,19). The van der Waals surface area contributed by atoms with Crippen LogP contribution in [0.3, 0.4) is 0 Å². The molecule has 0 aliphatic rings. The van der Waals surface area contributed by atoms with E-state index < -0.39 is 0 Å². The van der Waals surface area contributed by atoms with E-state index in [9.17, 15) is 9.59 Å². The van der Waals surface area contributed by atoms with Crippen LogP contribution in [-0.4, -0.2) is 26.4 Å². The van der Waals surface area contributed by atoms with E-state index in [1.165, 1.54) is 16.3 Å². The molecule has 2 rings (SSSR count). The Labute approximate surface area is 119 Å². The van der Waals surface area contributed by atoms with E-state index in [0.717, 1.165) is 5.56 Å². The van der Waals surface area contributed by atoms with Crippen molar-refractivity contribution >= 4 is 29.0 Å². The summed E-state index contributed by atoms with van der Waals surface area (Å²) in [5.41, 5.74) is 7.64. The van der Waals surface area contributed by atoms with Gasteiger partial charge < -0.3 is 11.1 Å². The molecule has 0 bridgehead atoms. The van der Waals surface area contributed by atoms with E-state index in [1.54, 1.807) is 19.2 Å². The highest BCUT2D eigenvalue weighted by atomic mass is 32.2. The summed E-state index contributed by atoms with van der Waals surface area (Å²) in [6.07, 6.45) is 0. The van der Waals surface area contributed by atoms with E-state index in [1.807, 2.05) is 13.0 Å². The summed E-state index contributed by atoms with van der Waals surface area (Å²) in [4.78, 5) is 23.0. The molecule has 0 unspecified atom stereocenters. The SMILES string of the molecule is Cc1ccc(NC(=O)CSc2n[nH]c(=O)n2C)c(N)c1. The number of aryl methyl sites for hydroxylation is 1. The Morgan fingerprint density at radius 1 is 1.55 bits per heavy atom. The first-order valence-electron chi connectivity index (χ1n) is 5.87. The van der Waals surface area contributed by atoms with E-state index in [4.69, 9.17) is 5.73 Å². The normalized spacial score (nSPS) is 10.5. The van der Waals surface area contributed by atoms with Crippen LogP contribution in [0.15, 0.2) is 28.2 Å². The average molecular weight is 293 g/mol. The number of hydrogen-bond acceptors (Lipinski definition) is 5. The fourth-order valence-corrected chi connectivity index (χ4v) is 2.29. The fourth-order valence-electron chi connectivity index (χ4n) is 1.57. The van der Waals surface area contributed by atoms with Gasteiger partial charge >= 0.3 is 5.69 Å². The first-order valence-corrected chi connectivity index (χ1v) is 6.86. The molecule has 0 fully saturated rings. The van der Waals surface area contributed by atoms with E-state index in [-0.39, 0.29) is 17.3 Å². The number of carbonyl (C=O) groups is 1. The van der Waals surface area contributed by atoms with Crippen molar-refractivity contribution < 1.29 is 4.79 Å². The first kappa shape index (κ1) is 14.2. The molecule has 4 N–H and O–H groups in total. The third-order valence-corrected chi connectivity index (χ3v) is 3.68.